The highest BCUT2D eigenvalue weighted by Gasteiger charge is 2.25. The van der Waals surface area contributed by atoms with Gasteiger partial charge < -0.3 is 16.8 Å². The summed E-state index contributed by atoms with van der Waals surface area (Å²) < 4.78 is 0. The molecule has 0 aromatic heterocycles. The first-order valence-corrected chi connectivity index (χ1v) is 8.40. The van der Waals surface area contributed by atoms with Crippen LogP contribution in [0.5, 0.6) is 0 Å². The van der Waals surface area contributed by atoms with E-state index in [2.05, 4.69) is 34.6 Å². The van der Waals surface area contributed by atoms with Crippen LogP contribution in [0.2, 0.25) is 5.02 Å². The number of hydrogen-bond acceptors (Lipinski definition) is 4. The average molecular weight is 353 g/mol. The number of likely N-dealkylation sites (N-methyl/N-ethyl adjacent to an activating group) is 1. The van der Waals surface area contributed by atoms with Crippen molar-refractivity contribution in [2.75, 3.05) is 19.8 Å². The molecule has 2 aromatic carbocycles. The quantitative estimate of drug-likeness (QED) is 0.581. The number of rotatable bonds is 4. The standard InChI is InChI=1S/C20H21ClN4/c1-24-11-13(10-22)12-3-5-15-16(7-12)17(9-20(15)25-2)18-8-14(23)4-6-19(18)21/h3-11,20,25H,22-23H2,1-2H3. The molecule has 128 valence electrons. The Hall–Kier alpha value is -2.56. The number of halogens is 1. The Morgan fingerprint density at radius 1 is 1.20 bits per heavy atom. The van der Waals surface area contributed by atoms with E-state index in [1.807, 2.05) is 19.2 Å². The summed E-state index contributed by atoms with van der Waals surface area (Å²) in [6.07, 6.45) is 5.49. The van der Waals surface area contributed by atoms with Gasteiger partial charge in [0.15, 0.2) is 0 Å². The molecule has 1 atom stereocenters. The van der Waals surface area contributed by atoms with Crippen LogP contribution in [0.25, 0.3) is 11.1 Å². The Morgan fingerprint density at radius 2 is 2.00 bits per heavy atom. The highest BCUT2D eigenvalue weighted by molar-refractivity contribution is 6.32. The topological polar surface area (TPSA) is 76.4 Å². The summed E-state index contributed by atoms with van der Waals surface area (Å²) in [5.74, 6) is 0. The highest BCUT2D eigenvalue weighted by atomic mass is 35.5. The molecule has 25 heavy (non-hydrogen) atoms. The molecule has 0 spiro atoms. The monoisotopic (exact) mass is 352 g/mol. The molecule has 4 nitrogen and oxygen atoms in total. The molecular weight excluding hydrogens is 332 g/mol. The van der Waals surface area contributed by atoms with Crippen LogP contribution in [0.1, 0.15) is 28.3 Å². The summed E-state index contributed by atoms with van der Waals surface area (Å²) in [5.41, 5.74) is 18.6. The van der Waals surface area contributed by atoms with E-state index in [0.717, 1.165) is 27.8 Å². The van der Waals surface area contributed by atoms with Crippen molar-refractivity contribution in [1.29, 1.82) is 0 Å². The molecule has 3 rings (SSSR count). The highest BCUT2D eigenvalue weighted by Crippen LogP contribution is 2.41. The number of benzene rings is 2. The molecule has 0 fully saturated rings. The van der Waals surface area contributed by atoms with Gasteiger partial charge in [-0.1, -0.05) is 29.8 Å². The van der Waals surface area contributed by atoms with Crippen LogP contribution in [0.3, 0.4) is 0 Å². The van der Waals surface area contributed by atoms with E-state index in [9.17, 15) is 0 Å². The van der Waals surface area contributed by atoms with Crippen LogP contribution >= 0.6 is 11.6 Å². The van der Waals surface area contributed by atoms with E-state index in [1.54, 1.807) is 25.5 Å². The Balaban J connectivity index is 2.17. The van der Waals surface area contributed by atoms with E-state index < -0.39 is 0 Å². The van der Waals surface area contributed by atoms with Crippen LogP contribution in [0.15, 0.2) is 53.7 Å². The van der Waals surface area contributed by atoms with Crippen molar-refractivity contribution in [3.63, 3.8) is 0 Å². The lowest BCUT2D eigenvalue weighted by Crippen LogP contribution is -2.12. The zero-order chi connectivity index (χ0) is 18.0. The first kappa shape index (κ1) is 17.3. The van der Waals surface area contributed by atoms with Gasteiger partial charge >= 0.3 is 0 Å². The number of fused-ring (bicyclic) bond motifs is 1. The predicted octanol–water partition coefficient (Wildman–Crippen LogP) is 3.63. The molecule has 1 aliphatic rings. The summed E-state index contributed by atoms with van der Waals surface area (Å²) >= 11 is 6.44. The third-order valence-electron chi connectivity index (χ3n) is 4.38. The van der Waals surface area contributed by atoms with Crippen molar-refractivity contribution in [1.82, 2.24) is 5.32 Å². The number of nitrogen functional groups attached to an aromatic ring is 1. The molecule has 0 heterocycles. The lowest BCUT2D eigenvalue weighted by molar-refractivity contribution is 0.725. The van der Waals surface area contributed by atoms with Gasteiger partial charge in [0, 0.05) is 41.3 Å². The zero-order valence-corrected chi connectivity index (χ0v) is 15.0. The number of nitrogens with zero attached hydrogens (tertiary/aromatic N) is 1. The largest absolute Gasteiger partial charge is 0.404 e. The lowest BCUT2D eigenvalue weighted by atomic mass is 9.94. The molecular formula is C20H21ClN4. The van der Waals surface area contributed by atoms with Gasteiger partial charge in [0.2, 0.25) is 0 Å². The van der Waals surface area contributed by atoms with Crippen molar-refractivity contribution in [2.45, 2.75) is 6.04 Å². The second kappa shape index (κ2) is 7.13. The van der Waals surface area contributed by atoms with Crippen LogP contribution < -0.4 is 16.8 Å². The Labute approximate surface area is 152 Å². The molecule has 5 N–H and O–H groups in total. The molecule has 0 aliphatic heterocycles. The number of allylic oxidation sites excluding steroid dienone is 1. The molecule has 0 radical (unpaired) electrons. The fraction of sp³-hybridized carbons (Fsp3) is 0.150. The molecule has 0 bridgehead atoms. The molecule has 0 saturated carbocycles. The minimum Gasteiger partial charge on any atom is -0.404 e. The van der Waals surface area contributed by atoms with Crippen LogP contribution in [-0.2, 0) is 0 Å². The smallest absolute Gasteiger partial charge is 0.0519 e. The van der Waals surface area contributed by atoms with Crippen molar-refractivity contribution in [2.24, 2.45) is 10.7 Å². The fourth-order valence-electron chi connectivity index (χ4n) is 3.16. The second-order valence-corrected chi connectivity index (χ2v) is 6.30. The maximum Gasteiger partial charge on any atom is 0.0519 e. The number of nitrogens with two attached hydrogens (primary N) is 2. The van der Waals surface area contributed by atoms with Gasteiger partial charge in [-0.15, -0.1) is 0 Å². The number of aliphatic imine (C=N–C) groups is 1. The summed E-state index contributed by atoms with van der Waals surface area (Å²) in [6.45, 7) is 0. The van der Waals surface area contributed by atoms with Crippen molar-refractivity contribution < 1.29 is 0 Å². The van der Waals surface area contributed by atoms with Crippen molar-refractivity contribution >= 4 is 34.6 Å². The van der Waals surface area contributed by atoms with Gasteiger partial charge in [-0.2, -0.15) is 0 Å². The normalized spacial score (nSPS) is 17.0. The summed E-state index contributed by atoms with van der Waals surface area (Å²) in [7, 11) is 3.67. The van der Waals surface area contributed by atoms with E-state index in [-0.39, 0.29) is 6.04 Å². The van der Waals surface area contributed by atoms with Crippen molar-refractivity contribution in [3.05, 3.63) is 76.0 Å². The van der Waals surface area contributed by atoms with Gasteiger partial charge in [-0.05, 0) is 53.6 Å². The van der Waals surface area contributed by atoms with Gasteiger partial charge in [-0.3, -0.25) is 4.99 Å². The van der Waals surface area contributed by atoms with E-state index >= 15 is 0 Å². The Bertz CT molecular complexity index is 897. The lowest BCUT2D eigenvalue weighted by Gasteiger charge is -2.13. The summed E-state index contributed by atoms with van der Waals surface area (Å²) in [6, 6.07) is 12.0. The molecule has 0 amide bonds. The van der Waals surface area contributed by atoms with Gasteiger partial charge in [0.1, 0.15) is 0 Å². The third kappa shape index (κ3) is 3.18. The van der Waals surface area contributed by atoms with E-state index in [0.29, 0.717) is 10.7 Å². The van der Waals surface area contributed by atoms with E-state index in [1.165, 1.54) is 5.56 Å². The Kier molecular flexibility index (Phi) is 4.93. The van der Waals surface area contributed by atoms with Gasteiger partial charge in [0.05, 0.1) is 6.04 Å². The summed E-state index contributed by atoms with van der Waals surface area (Å²) in [5, 5.41) is 4.00. The Morgan fingerprint density at radius 3 is 2.68 bits per heavy atom. The third-order valence-corrected chi connectivity index (χ3v) is 4.71. The second-order valence-electron chi connectivity index (χ2n) is 5.90. The summed E-state index contributed by atoms with van der Waals surface area (Å²) in [4.78, 5) is 4.07. The minimum absolute atomic E-state index is 0.127. The molecule has 2 aromatic rings. The first-order valence-electron chi connectivity index (χ1n) is 8.02. The van der Waals surface area contributed by atoms with Crippen LogP contribution in [-0.4, -0.2) is 20.3 Å². The molecule has 5 heteroatoms. The number of anilines is 1. The maximum atomic E-state index is 6.44. The molecule has 0 saturated heterocycles. The van der Waals surface area contributed by atoms with Crippen LogP contribution in [0, 0.1) is 0 Å². The molecule has 1 unspecified atom stereocenters. The number of nitrogens with one attached hydrogen (secondary N) is 1. The SMILES string of the molecule is CN=CC(=CN)c1ccc2c(c1)C(c1cc(N)ccc1Cl)=CC2NC. The fourth-order valence-corrected chi connectivity index (χ4v) is 3.38. The maximum absolute atomic E-state index is 6.44. The van der Waals surface area contributed by atoms with Gasteiger partial charge in [-0.25, -0.2) is 0 Å². The predicted molar refractivity (Wildman–Crippen MR) is 108 cm³/mol. The first-order chi connectivity index (χ1) is 12.1. The molecule has 1 aliphatic carbocycles. The van der Waals surface area contributed by atoms with Crippen molar-refractivity contribution in [3.8, 4) is 0 Å². The number of hydrogen-bond donors (Lipinski definition) is 3. The zero-order valence-electron chi connectivity index (χ0n) is 14.3. The van der Waals surface area contributed by atoms with Gasteiger partial charge in [0.25, 0.3) is 0 Å². The van der Waals surface area contributed by atoms with Crippen LogP contribution in [0.4, 0.5) is 5.69 Å². The van der Waals surface area contributed by atoms with E-state index in [4.69, 9.17) is 23.1 Å². The average Bonchev–Trinajstić information content (AvgIpc) is 2.99. The minimum atomic E-state index is 0.127.